The number of fused-ring (bicyclic) bond motifs is 3. The van der Waals surface area contributed by atoms with Crippen molar-refractivity contribution in [2.45, 2.75) is 64.8 Å². The molecule has 1 aromatic carbocycles. The van der Waals surface area contributed by atoms with Gasteiger partial charge in [-0.05, 0) is 42.4 Å². The predicted octanol–water partition coefficient (Wildman–Crippen LogP) is 2.67. The summed E-state index contributed by atoms with van der Waals surface area (Å²) in [6.45, 7) is 9.55. The molecule has 0 aliphatic carbocycles. The largest absolute Gasteiger partial charge is 0.493 e. The van der Waals surface area contributed by atoms with Crippen LogP contribution in [0.1, 0.15) is 51.7 Å². The van der Waals surface area contributed by atoms with E-state index in [4.69, 9.17) is 19.9 Å². The first kappa shape index (κ1) is 23.8. The van der Waals surface area contributed by atoms with Gasteiger partial charge in [-0.15, -0.1) is 0 Å². The van der Waals surface area contributed by atoms with Crippen molar-refractivity contribution in [1.82, 2.24) is 4.90 Å². The number of carbonyl (C=O) groups is 1. The quantitative estimate of drug-likeness (QED) is 0.637. The van der Waals surface area contributed by atoms with Crippen LogP contribution in [-0.4, -0.2) is 55.4 Å². The van der Waals surface area contributed by atoms with E-state index >= 15 is 0 Å². The molecule has 1 saturated heterocycles. The van der Waals surface area contributed by atoms with E-state index in [0.717, 1.165) is 30.5 Å². The zero-order valence-electron chi connectivity index (χ0n) is 19.7. The smallest absolute Gasteiger partial charge is 0.323 e. The Labute approximate surface area is 185 Å². The van der Waals surface area contributed by atoms with E-state index < -0.39 is 23.8 Å². The third-order valence-electron chi connectivity index (χ3n) is 6.71. The average molecular weight is 435 g/mol. The number of piperidine rings is 1. The summed E-state index contributed by atoms with van der Waals surface area (Å²) in [6, 6.07) is 3.14. The fourth-order valence-electron chi connectivity index (χ4n) is 4.91. The number of hydrogen-bond donors (Lipinski definition) is 2. The molecule has 7 heteroatoms. The van der Waals surface area contributed by atoms with Crippen LogP contribution in [-0.2, 0) is 21.7 Å². The molecule has 0 radical (unpaired) electrons. The molecule has 1 fully saturated rings. The minimum atomic E-state index is -1.23. The van der Waals surface area contributed by atoms with E-state index in [2.05, 4.69) is 18.7 Å². The number of benzene rings is 1. The summed E-state index contributed by atoms with van der Waals surface area (Å²) in [5, 5.41) is 11.9. The Bertz CT molecular complexity index is 796. The maximum absolute atomic E-state index is 12.7. The Morgan fingerprint density at radius 2 is 1.87 bits per heavy atom. The molecule has 3 rings (SSSR count). The summed E-state index contributed by atoms with van der Waals surface area (Å²) in [4.78, 5) is 14.8. The first-order chi connectivity index (χ1) is 14.6. The Balaban J connectivity index is 1.96. The van der Waals surface area contributed by atoms with E-state index in [1.807, 2.05) is 26.0 Å². The van der Waals surface area contributed by atoms with Crippen LogP contribution < -0.4 is 15.2 Å². The molecule has 4 atom stereocenters. The maximum Gasteiger partial charge on any atom is 0.323 e. The van der Waals surface area contributed by atoms with Crippen molar-refractivity contribution in [3.63, 3.8) is 0 Å². The number of carbonyl (C=O) groups excluding carboxylic acids is 1. The van der Waals surface area contributed by atoms with Crippen LogP contribution in [0.2, 0.25) is 0 Å². The molecule has 174 valence electrons. The second-order valence-electron chi connectivity index (χ2n) is 9.72. The highest BCUT2D eigenvalue weighted by atomic mass is 16.5. The van der Waals surface area contributed by atoms with Crippen LogP contribution in [0.4, 0.5) is 0 Å². The van der Waals surface area contributed by atoms with E-state index in [-0.39, 0.29) is 11.8 Å². The summed E-state index contributed by atoms with van der Waals surface area (Å²) >= 11 is 0. The third-order valence-corrected chi connectivity index (χ3v) is 6.71. The Morgan fingerprint density at radius 3 is 2.45 bits per heavy atom. The number of methoxy groups -OCH3 is 2. The first-order valence-corrected chi connectivity index (χ1v) is 11.3. The van der Waals surface area contributed by atoms with Gasteiger partial charge in [-0.3, -0.25) is 9.69 Å². The monoisotopic (exact) mass is 434 g/mol. The van der Waals surface area contributed by atoms with Gasteiger partial charge in [0, 0.05) is 31.0 Å². The minimum Gasteiger partial charge on any atom is -0.493 e. The summed E-state index contributed by atoms with van der Waals surface area (Å²) in [5.74, 6) is 1.43. The molecule has 0 bridgehead atoms. The molecule has 4 unspecified atom stereocenters. The van der Waals surface area contributed by atoms with Crippen LogP contribution in [0.15, 0.2) is 12.1 Å². The molecule has 0 saturated carbocycles. The number of nitrogens with zero attached hydrogens (tertiary/aromatic N) is 1. The second kappa shape index (κ2) is 9.35. The van der Waals surface area contributed by atoms with Gasteiger partial charge in [0.2, 0.25) is 0 Å². The second-order valence-corrected chi connectivity index (χ2v) is 9.72. The normalized spacial score (nSPS) is 26.9. The van der Waals surface area contributed by atoms with Crippen molar-refractivity contribution < 1.29 is 24.1 Å². The van der Waals surface area contributed by atoms with E-state index in [0.29, 0.717) is 30.4 Å². The van der Waals surface area contributed by atoms with Gasteiger partial charge in [0.05, 0.1) is 14.2 Å². The van der Waals surface area contributed by atoms with Crippen molar-refractivity contribution in [1.29, 1.82) is 0 Å². The molecule has 3 N–H and O–H groups in total. The van der Waals surface area contributed by atoms with Crippen molar-refractivity contribution in [2.24, 2.45) is 23.5 Å². The summed E-state index contributed by atoms with van der Waals surface area (Å²) in [5.41, 5.74) is 6.66. The number of esters is 1. The lowest BCUT2D eigenvalue weighted by molar-refractivity contribution is -0.205. The number of rotatable bonds is 7. The summed E-state index contributed by atoms with van der Waals surface area (Å²) < 4.78 is 16.9. The zero-order chi connectivity index (χ0) is 22.9. The van der Waals surface area contributed by atoms with Crippen LogP contribution in [0.5, 0.6) is 11.5 Å². The molecular formula is C24H38N2O5. The molecule has 0 spiro atoms. The van der Waals surface area contributed by atoms with Crippen LogP contribution in [0.25, 0.3) is 0 Å². The van der Waals surface area contributed by atoms with Crippen LogP contribution >= 0.6 is 0 Å². The van der Waals surface area contributed by atoms with E-state index in [9.17, 15) is 9.90 Å². The highest BCUT2D eigenvalue weighted by Crippen LogP contribution is 2.47. The molecule has 0 aromatic heterocycles. The standard InChI is InChI=1S/C24H38N2O5/c1-14(2)9-17-13-26-8-7-16-10-19(29-5)20(30-6)11-18(16)24(26,28)12-21(17)31-23(27)22(25)15(3)4/h10-11,14-15,17,21-22,28H,7-9,12-13,25H2,1-6H3. The number of hydrogen-bond acceptors (Lipinski definition) is 7. The Kier molecular flexibility index (Phi) is 7.18. The molecule has 0 amide bonds. The molecule has 7 nitrogen and oxygen atoms in total. The van der Waals surface area contributed by atoms with Gasteiger partial charge in [-0.1, -0.05) is 27.7 Å². The van der Waals surface area contributed by atoms with Gasteiger partial charge in [-0.2, -0.15) is 0 Å². The van der Waals surface area contributed by atoms with Crippen molar-refractivity contribution >= 4 is 5.97 Å². The fraction of sp³-hybridized carbons (Fsp3) is 0.708. The van der Waals surface area contributed by atoms with Crippen molar-refractivity contribution in [3.05, 3.63) is 23.3 Å². The van der Waals surface area contributed by atoms with E-state index in [1.54, 1.807) is 14.2 Å². The van der Waals surface area contributed by atoms with Crippen LogP contribution in [0, 0.1) is 17.8 Å². The van der Waals surface area contributed by atoms with Gasteiger partial charge in [0.15, 0.2) is 11.5 Å². The number of aliphatic hydroxyl groups is 1. The lowest BCUT2D eigenvalue weighted by Gasteiger charge is -2.52. The highest BCUT2D eigenvalue weighted by molar-refractivity contribution is 5.76. The summed E-state index contributed by atoms with van der Waals surface area (Å²) in [7, 11) is 3.20. The van der Waals surface area contributed by atoms with Crippen molar-refractivity contribution in [3.8, 4) is 11.5 Å². The topological polar surface area (TPSA) is 94.2 Å². The lowest BCUT2D eigenvalue weighted by Crippen LogP contribution is -2.60. The van der Waals surface area contributed by atoms with Gasteiger partial charge >= 0.3 is 5.97 Å². The molecular weight excluding hydrogens is 396 g/mol. The third kappa shape index (κ3) is 4.69. The fourth-order valence-corrected chi connectivity index (χ4v) is 4.91. The summed E-state index contributed by atoms with van der Waals surface area (Å²) in [6.07, 6.45) is 1.64. The number of nitrogens with two attached hydrogens (primary N) is 1. The van der Waals surface area contributed by atoms with Gasteiger partial charge in [0.1, 0.15) is 17.9 Å². The van der Waals surface area contributed by atoms with Gasteiger partial charge in [-0.25, -0.2) is 0 Å². The molecule has 1 aromatic rings. The maximum atomic E-state index is 12.7. The van der Waals surface area contributed by atoms with Crippen LogP contribution in [0.3, 0.4) is 0 Å². The van der Waals surface area contributed by atoms with Gasteiger partial charge in [0.25, 0.3) is 0 Å². The molecule has 2 aliphatic rings. The highest BCUT2D eigenvalue weighted by Gasteiger charge is 2.50. The number of ether oxygens (including phenoxy) is 3. The SMILES string of the molecule is COc1cc2c(cc1OC)C1(O)CC(OC(=O)C(N)C(C)C)C(CC(C)C)CN1CC2. The van der Waals surface area contributed by atoms with Gasteiger partial charge < -0.3 is 25.1 Å². The molecule has 2 aliphatic heterocycles. The van der Waals surface area contributed by atoms with Crippen molar-refractivity contribution in [2.75, 3.05) is 27.3 Å². The van der Waals surface area contributed by atoms with E-state index in [1.165, 1.54) is 0 Å². The lowest BCUT2D eigenvalue weighted by atomic mass is 9.76. The minimum absolute atomic E-state index is 0.00800. The average Bonchev–Trinajstić information content (AvgIpc) is 2.72. The first-order valence-electron chi connectivity index (χ1n) is 11.3. The Hall–Kier alpha value is -1.83. The predicted molar refractivity (Wildman–Crippen MR) is 119 cm³/mol. The molecule has 31 heavy (non-hydrogen) atoms. The Morgan fingerprint density at radius 1 is 1.23 bits per heavy atom. The zero-order valence-corrected chi connectivity index (χ0v) is 19.7. The molecule has 2 heterocycles.